The van der Waals surface area contributed by atoms with Gasteiger partial charge in [0.05, 0.1) is 22.3 Å². The number of anilines is 1. The van der Waals surface area contributed by atoms with Crippen LogP contribution in [0.5, 0.6) is 0 Å². The third-order valence-corrected chi connectivity index (χ3v) is 2.90. The van der Waals surface area contributed by atoms with Gasteiger partial charge in [0.2, 0.25) is 0 Å². The maximum absolute atomic E-state index is 12.0. The Hall–Kier alpha value is -2.01. The van der Waals surface area contributed by atoms with Gasteiger partial charge in [0, 0.05) is 12.4 Å². The molecule has 0 aliphatic rings. The number of nitrogens with zero attached hydrogens (tertiary/aromatic N) is 1. The Bertz CT molecular complexity index is 553. The second kappa shape index (κ2) is 5.10. The highest BCUT2D eigenvalue weighted by atomic mass is 35.5. The van der Waals surface area contributed by atoms with Gasteiger partial charge in [-0.3, -0.25) is 4.79 Å². The van der Waals surface area contributed by atoms with Gasteiger partial charge in [-0.1, -0.05) is 17.7 Å². The number of hydrogen-bond donors (Lipinski definition) is 3. The van der Waals surface area contributed by atoms with Gasteiger partial charge in [-0.2, -0.15) is 0 Å². The lowest BCUT2D eigenvalue weighted by Crippen LogP contribution is -2.28. The number of aromatic nitrogens is 2. The Kier molecular flexibility index (Phi) is 3.53. The summed E-state index contributed by atoms with van der Waals surface area (Å²) in [7, 11) is 0. The highest BCUT2D eigenvalue weighted by molar-refractivity contribution is 6.33. The first-order valence-corrected chi connectivity index (χ1v) is 5.81. The molecule has 1 unspecified atom stereocenters. The maximum atomic E-state index is 12.0. The molecule has 4 N–H and O–H groups in total. The molecule has 0 fully saturated rings. The molecule has 1 amide bonds. The molecule has 1 atom stereocenters. The van der Waals surface area contributed by atoms with Crippen molar-refractivity contribution in [3.05, 3.63) is 47.0 Å². The number of carbonyl (C=O) groups is 1. The quantitative estimate of drug-likeness (QED) is 0.743. The summed E-state index contributed by atoms with van der Waals surface area (Å²) in [5, 5.41) is 3.16. The fraction of sp³-hybridized carbons (Fsp3) is 0.167. The number of nitrogens with one attached hydrogen (secondary N) is 2. The zero-order valence-corrected chi connectivity index (χ0v) is 10.5. The van der Waals surface area contributed by atoms with Gasteiger partial charge < -0.3 is 16.0 Å². The Morgan fingerprint density at radius 3 is 3.00 bits per heavy atom. The van der Waals surface area contributed by atoms with Crippen LogP contribution in [-0.4, -0.2) is 15.9 Å². The van der Waals surface area contributed by atoms with Crippen molar-refractivity contribution in [2.75, 3.05) is 5.73 Å². The lowest BCUT2D eigenvalue weighted by Gasteiger charge is -2.13. The van der Waals surface area contributed by atoms with Gasteiger partial charge in [-0.05, 0) is 19.1 Å². The molecular weight excluding hydrogens is 252 g/mol. The number of H-pyrrole nitrogens is 1. The topological polar surface area (TPSA) is 83.8 Å². The van der Waals surface area contributed by atoms with Crippen LogP contribution < -0.4 is 11.1 Å². The molecule has 0 spiro atoms. The van der Waals surface area contributed by atoms with Crippen LogP contribution in [0.15, 0.2) is 30.6 Å². The van der Waals surface area contributed by atoms with Crippen LogP contribution in [0.1, 0.15) is 29.1 Å². The van der Waals surface area contributed by atoms with Crippen molar-refractivity contribution in [3.8, 4) is 0 Å². The SMILES string of the molecule is CC(NC(=O)c1cccc(Cl)c1N)c1ncc[nH]1. The molecule has 0 saturated heterocycles. The molecular formula is C12H13ClN4O. The van der Waals surface area contributed by atoms with E-state index in [0.29, 0.717) is 16.4 Å². The number of nitrogens with two attached hydrogens (primary N) is 1. The van der Waals surface area contributed by atoms with Gasteiger partial charge in [-0.25, -0.2) is 4.98 Å². The van der Waals surface area contributed by atoms with Crippen LogP contribution in [0.4, 0.5) is 5.69 Å². The van der Waals surface area contributed by atoms with Gasteiger partial charge in [-0.15, -0.1) is 0 Å². The van der Waals surface area contributed by atoms with Crippen LogP contribution >= 0.6 is 11.6 Å². The summed E-state index contributed by atoms with van der Waals surface area (Å²) < 4.78 is 0. The second-order valence-electron chi connectivity index (χ2n) is 3.87. The smallest absolute Gasteiger partial charge is 0.254 e. The van der Waals surface area contributed by atoms with Crippen molar-refractivity contribution in [1.29, 1.82) is 0 Å². The van der Waals surface area contributed by atoms with Gasteiger partial charge in [0.25, 0.3) is 5.91 Å². The average Bonchev–Trinajstić information content (AvgIpc) is 2.86. The molecule has 1 aromatic carbocycles. The van der Waals surface area contributed by atoms with Crippen molar-refractivity contribution in [2.24, 2.45) is 0 Å². The fourth-order valence-electron chi connectivity index (χ4n) is 1.59. The summed E-state index contributed by atoms with van der Waals surface area (Å²) in [4.78, 5) is 19.0. The van der Waals surface area contributed by atoms with E-state index >= 15 is 0 Å². The molecule has 6 heteroatoms. The molecule has 2 rings (SSSR count). The molecule has 94 valence electrons. The second-order valence-corrected chi connectivity index (χ2v) is 4.28. The van der Waals surface area contributed by atoms with E-state index in [4.69, 9.17) is 17.3 Å². The van der Waals surface area contributed by atoms with Crippen LogP contribution in [0.3, 0.4) is 0 Å². The number of hydrogen-bond acceptors (Lipinski definition) is 3. The van der Waals surface area contributed by atoms with Crippen LogP contribution in [0, 0.1) is 0 Å². The Morgan fingerprint density at radius 2 is 2.33 bits per heavy atom. The number of amides is 1. The first-order chi connectivity index (χ1) is 8.59. The zero-order chi connectivity index (χ0) is 13.1. The third kappa shape index (κ3) is 2.46. The van der Waals surface area contributed by atoms with Gasteiger partial charge >= 0.3 is 0 Å². The predicted molar refractivity (Wildman–Crippen MR) is 70.3 cm³/mol. The number of benzene rings is 1. The van der Waals surface area contributed by atoms with E-state index in [9.17, 15) is 4.79 Å². The zero-order valence-electron chi connectivity index (χ0n) is 9.77. The monoisotopic (exact) mass is 264 g/mol. The number of para-hydroxylation sites is 1. The van der Waals surface area contributed by atoms with Gasteiger partial charge in [0.15, 0.2) is 0 Å². The van der Waals surface area contributed by atoms with Crippen molar-refractivity contribution in [1.82, 2.24) is 15.3 Å². The minimum absolute atomic E-state index is 0.231. The summed E-state index contributed by atoms with van der Waals surface area (Å²) in [6, 6.07) is 4.73. The highest BCUT2D eigenvalue weighted by Gasteiger charge is 2.16. The van der Waals surface area contributed by atoms with Crippen molar-refractivity contribution < 1.29 is 4.79 Å². The molecule has 5 nitrogen and oxygen atoms in total. The first-order valence-electron chi connectivity index (χ1n) is 5.43. The Morgan fingerprint density at radius 1 is 1.56 bits per heavy atom. The van der Waals surface area contributed by atoms with E-state index in [1.54, 1.807) is 30.6 Å². The van der Waals surface area contributed by atoms with Crippen LogP contribution in [0.2, 0.25) is 5.02 Å². The lowest BCUT2D eigenvalue weighted by molar-refractivity contribution is 0.0939. The summed E-state index contributed by atoms with van der Waals surface area (Å²) in [6.07, 6.45) is 3.33. The fourth-order valence-corrected chi connectivity index (χ4v) is 1.77. The summed E-state index contributed by atoms with van der Waals surface area (Å²) >= 11 is 5.87. The molecule has 0 radical (unpaired) electrons. The number of halogens is 1. The standard InChI is InChI=1S/C12H13ClN4O/c1-7(11-15-5-6-16-11)17-12(18)8-3-2-4-9(13)10(8)14/h2-7H,14H2,1H3,(H,15,16)(H,17,18). The van der Waals surface area contributed by atoms with Crippen LogP contribution in [0.25, 0.3) is 0 Å². The van der Waals surface area contributed by atoms with E-state index in [1.807, 2.05) is 6.92 Å². The predicted octanol–water partition coefficient (Wildman–Crippen LogP) is 2.14. The van der Waals surface area contributed by atoms with Crippen molar-refractivity contribution in [3.63, 3.8) is 0 Å². The molecule has 1 aromatic heterocycles. The third-order valence-electron chi connectivity index (χ3n) is 2.57. The summed E-state index contributed by atoms with van der Waals surface area (Å²) in [6.45, 7) is 1.83. The number of aromatic amines is 1. The molecule has 0 bridgehead atoms. The molecule has 1 heterocycles. The number of rotatable bonds is 3. The van der Waals surface area contributed by atoms with Crippen molar-refractivity contribution >= 4 is 23.2 Å². The lowest BCUT2D eigenvalue weighted by atomic mass is 10.1. The largest absolute Gasteiger partial charge is 0.397 e. The average molecular weight is 265 g/mol. The number of carbonyl (C=O) groups excluding carboxylic acids is 1. The highest BCUT2D eigenvalue weighted by Crippen LogP contribution is 2.22. The minimum Gasteiger partial charge on any atom is -0.397 e. The Balaban J connectivity index is 2.15. The van der Waals surface area contributed by atoms with Gasteiger partial charge in [0.1, 0.15) is 5.82 Å². The van der Waals surface area contributed by atoms with Crippen molar-refractivity contribution in [2.45, 2.75) is 13.0 Å². The molecule has 0 aliphatic heterocycles. The van der Waals surface area contributed by atoms with Crippen LogP contribution in [-0.2, 0) is 0 Å². The number of imidazole rings is 1. The first kappa shape index (κ1) is 12.4. The molecule has 2 aromatic rings. The number of nitrogen functional groups attached to an aromatic ring is 1. The van der Waals surface area contributed by atoms with E-state index in [2.05, 4.69) is 15.3 Å². The summed E-state index contributed by atoms with van der Waals surface area (Å²) in [5.41, 5.74) is 6.40. The summed E-state index contributed by atoms with van der Waals surface area (Å²) in [5.74, 6) is 0.405. The minimum atomic E-state index is -0.279. The Labute approximate surface area is 109 Å². The molecule has 0 aliphatic carbocycles. The molecule has 18 heavy (non-hydrogen) atoms. The van der Waals surface area contributed by atoms with E-state index in [1.165, 1.54) is 0 Å². The maximum Gasteiger partial charge on any atom is 0.254 e. The van der Waals surface area contributed by atoms with E-state index in [0.717, 1.165) is 0 Å². The van der Waals surface area contributed by atoms with E-state index < -0.39 is 0 Å². The molecule has 0 saturated carbocycles. The van der Waals surface area contributed by atoms with E-state index in [-0.39, 0.29) is 17.6 Å². The normalized spacial score (nSPS) is 12.1.